The third kappa shape index (κ3) is 4.14. The Hall–Kier alpha value is -2.22. The third-order valence-corrected chi connectivity index (χ3v) is 3.89. The second-order valence-corrected chi connectivity index (χ2v) is 6.06. The standard InChI is InChI=1S/C14H17N3O4S/c1-8(2)12(14(19)20)15-10(18)5-6-11-16-13(17-21-11)9-4-3-7-22-9/h3-4,7-8,12H,5-6H2,1-2H3,(H,15,18)(H,19,20)/t12-/m1/s1. The van der Waals surface area contributed by atoms with Gasteiger partial charge in [-0.25, -0.2) is 4.79 Å². The predicted molar refractivity (Wildman–Crippen MR) is 80.3 cm³/mol. The lowest BCUT2D eigenvalue weighted by molar-refractivity contribution is -0.143. The van der Waals surface area contributed by atoms with Gasteiger partial charge in [-0.1, -0.05) is 25.1 Å². The van der Waals surface area contributed by atoms with E-state index in [2.05, 4.69) is 15.5 Å². The molecule has 2 N–H and O–H groups in total. The smallest absolute Gasteiger partial charge is 0.326 e. The summed E-state index contributed by atoms with van der Waals surface area (Å²) in [5.74, 6) is -0.723. The molecule has 8 heteroatoms. The van der Waals surface area contributed by atoms with Gasteiger partial charge in [-0.15, -0.1) is 11.3 Å². The van der Waals surface area contributed by atoms with E-state index in [1.165, 1.54) is 11.3 Å². The van der Waals surface area contributed by atoms with E-state index in [1.54, 1.807) is 13.8 Å². The molecule has 0 aliphatic carbocycles. The molecule has 0 radical (unpaired) electrons. The topological polar surface area (TPSA) is 105 Å². The summed E-state index contributed by atoms with van der Waals surface area (Å²) in [6.45, 7) is 3.48. The second-order valence-electron chi connectivity index (χ2n) is 5.12. The monoisotopic (exact) mass is 323 g/mol. The Bertz CT molecular complexity index is 636. The Morgan fingerprint density at radius 3 is 2.82 bits per heavy atom. The van der Waals surface area contributed by atoms with Crippen molar-refractivity contribution in [1.29, 1.82) is 0 Å². The molecule has 1 atom stereocenters. The number of nitrogens with zero attached hydrogens (tertiary/aromatic N) is 2. The lowest BCUT2D eigenvalue weighted by Gasteiger charge is -2.17. The van der Waals surface area contributed by atoms with Gasteiger partial charge in [-0.05, 0) is 17.4 Å². The number of carboxylic acids is 1. The molecule has 0 bridgehead atoms. The predicted octanol–water partition coefficient (Wildman–Crippen LogP) is 1.96. The number of thiophene rings is 1. The first-order valence-corrected chi connectivity index (χ1v) is 7.74. The van der Waals surface area contributed by atoms with Crippen molar-refractivity contribution in [3.63, 3.8) is 0 Å². The van der Waals surface area contributed by atoms with Crippen molar-refractivity contribution in [2.45, 2.75) is 32.7 Å². The molecule has 7 nitrogen and oxygen atoms in total. The van der Waals surface area contributed by atoms with Crippen LogP contribution in [0.3, 0.4) is 0 Å². The first kappa shape index (κ1) is 16.2. The number of carboxylic acid groups (broad SMARTS) is 1. The fourth-order valence-electron chi connectivity index (χ4n) is 1.84. The fourth-order valence-corrected chi connectivity index (χ4v) is 2.49. The average Bonchev–Trinajstić information content (AvgIpc) is 3.12. The minimum atomic E-state index is -1.04. The molecule has 1 amide bonds. The average molecular weight is 323 g/mol. The Morgan fingerprint density at radius 2 is 2.23 bits per heavy atom. The number of carbonyl (C=O) groups excluding carboxylic acids is 1. The molecule has 118 valence electrons. The first-order valence-electron chi connectivity index (χ1n) is 6.86. The van der Waals surface area contributed by atoms with E-state index in [-0.39, 0.29) is 24.7 Å². The van der Waals surface area contributed by atoms with Crippen LogP contribution in [0.4, 0.5) is 0 Å². The number of rotatable bonds is 7. The van der Waals surface area contributed by atoms with Gasteiger partial charge >= 0.3 is 5.97 Å². The lowest BCUT2D eigenvalue weighted by Crippen LogP contribution is -2.44. The maximum atomic E-state index is 11.8. The van der Waals surface area contributed by atoms with Gasteiger partial charge in [0.05, 0.1) is 4.88 Å². The molecule has 0 aliphatic heterocycles. The van der Waals surface area contributed by atoms with E-state index >= 15 is 0 Å². The Labute approximate surface area is 131 Å². The molecule has 0 aliphatic rings. The van der Waals surface area contributed by atoms with Gasteiger partial charge in [0.25, 0.3) is 0 Å². The molecule has 22 heavy (non-hydrogen) atoms. The van der Waals surface area contributed by atoms with Crippen LogP contribution >= 0.6 is 11.3 Å². The zero-order valence-corrected chi connectivity index (χ0v) is 13.1. The Kier molecular flexibility index (Phi) is 5.26. The quantitative estimate of drug-likeness (QED) is 0.807. The van der Waals surface area contributed by atoms with Gasteiger partial charge in [0.1, 0.15) is 6.04 Å². The maximum Gasteiger partial charge on any atom is 0.326 e. The van der Waals surface area contributed by atoms with E-state index in [0.717, 1.165) is 4.88 Å². The first-order chi connectivity index (χ1) is 10.5. The minimum Gasteiger partial charge on any atom is -0.480 e. The summed E-state index contributed by atoms with van der Waals surface area (Å²) in [7, 11) is 0. The number of hydrogen-bond acceptors (Lipinski definition) is 6. The van der Waals surface area contributed by atoms with Crippen molar-refractivity contribution in [1.82, 2.24) is 15.5 Å². The van der Waals surface area contributed by atoms with E-state index in [1.807, 2.05) is 17.5 Å². The number of hydrogen-bond donors (Lipinski definition) is 2. The molecule has 2 aromatic rings. The van der Waals surface area contributed by atoms with Crippen molar-refractivity contribution in [3.8, 4) is 10.7 Å². The van der Waals surface area contributed by atoms with E-state index in [0.29, 0.717) is 11.7 Å². The zero-order chi connectivity index (χ0) is 16.1. The summed E-state index contributed by atoms with van der Waals surface area (Å²) < 4.78 is 5.09. The van der Waals surface area contributed by atoms with Gasteiger partial charge in [-0.2, -0.15) is 4.98 Å². The SMILES string of the molecule is CC(C)[C@@H](NC(=O)CCc1nc(-c2cccs2)no1)C(=O)O. The van der Waals surface area contributed by atoms with Crippen LogP contribution in [0.5, 0.6) is 0 Å². The highest BCUT2D eigenvalue weighted by Gasteiger charge is 2.23. The summed E-state index contributed by atoms with van der Waals surface area (Å²) in [5.41, 5.74) is 0. The number of nitrogens with one attached hydrogen (secondary N) is 1. The summed E-state index contributed by atoms with van der Waals surface area (Å²) in [4.78, 5) is 27.9. The van der Waals surface area contributed by atoms with Crippen LogP contribution in [-0.2, 0) is 16.0 Å². The normalized spacial score (nSPS) is 12.3. The summed E-state index contributed by atoms with van der Waals surface area (Å²) in [6.07, 6.45) is 0.372. The molecule has 0 fully saturated rings. The highest BCUT2D eigenvalue weighted by atomic mass is 32.1. The van der Waals surface area contributed by atoms with Gasteiger partial charge in [-0.3, -0.25) is 4.79 Å². The van der Waals surface area contributed by atoms with E-state index in [9.17, 15) is 9.59 Å². The van der Waals surface area contributed by atoms with Gasteiger partial charge in [0.15, 0.2) is 0 Å². The number of aliphatic carboxylic acids is 1. The van der Waals surface area contributed by atoms with Crippen LogP contribution in [0.2, 0.25) is 0 Å². The van der Waals surface area contributed by atoms with Crippen LogP contribution in [0.1, 0.15) is 26.2 Å². The van der Waals surface area contributed by atoms with Crippen molar-refractivity contribution in [2.75, 3.05) is 0 Å². The van der Waals surface area contributed by atoms with Crippen LogP contribution in [0.25, 0.3) is 10.7 Å². The van der Waals surface area contributed by atoms with Crippen molar-refractivity contribution < 1.29 is 19.2 Å². The highest BCUT2D eigenvalue weighted by molar-refractivity contribution is 7.13. The molecule has 0 unspecified atom stereocenters. The molecule has 0 saturated heterocycles. The molecular formula is C14H17N3O4S. The molecule has 0 aromatic carbocycles. The number of aryl methyl sites for hydroxylation is 1. The van der Waals surface area contributed by atoms with Gasteiger partial charge < -0.3 is 14.9 Å². The lowest BCUT2D eigenvalue weighted by atomic mass is 10.0. The van der Waals surface area contributed by atoms with E-state index in [4.69, 9.17) is 9.63 Å². The van der Waals surface area contributed by atoms with Crippen molar-refractivity contribution in [2.24, 2.45) is 5.92 Å². The second kappa shape index (κ2) is 7.17. The van der Waals surface area contributed by atoms with Crippen LogP contribution in [0.15, 0.2) is 22.0 Å². The molecule has 2 rings (SSSR count). The number of amides is 1. The highest BCUT2D eigenvalue weighted by Crippen LogP contribution is 2.21. The van der Waals surface area contributed by atoms with Crippen LogP contribution in [-0.4, -0.2) is 33.2 Å². The summed E-state index contributed by atoms with van der Waals surface area (Å²) in [6, 6.07) is 2.88. The van der Waals surface area contributed by atoms with Gasteiger partial charge in [0.2, 0.25) is 17.6 Å². The molecule has 2 heterocycles. The van der Waals surface area contributed by atoms with Crippen LogP contribution < -0.4 is 5.32 Å². The number of aromatic nitrogens is 2. The third-order valence-electron chi connectivity index (χ3n) is 3.02. The van der Waals surface area contributed by atoms with E-state index < -0.39 is 12.0 Å². The Balaban J connectivity index is 1.87. The fraction of sp³-hybridized carbons (Fsp3) is 0.429. The molecular weight excluding hydrogens is 306 g/mol. The van der Waals surface area contributed by atoms with Crippen molar-refractivity contribution in [3.05, 3.63) is 23.4 Å². The van der Waals surface area contributed by atoms with Gasteiger partial charge in [0, 0.05) is 12.8 Å². The summed E-state index contributed by atoms with van der Waals surface area (Å²) in [5, 5.41) is 17.3. The minimum absolute atomic E-state index is 0.0998. The molecule has 0 saturated carbocycles. The maximum absolute atomic E-state index is 11.8. The van der Waals surface area contributed by atoms with Crippen molar-refractivity contribution >= 4 is 23.2 Å². The van der Waals surface area contributed by atoms with Crippen LogP contribution in [0, 0.1) is 5.92 Å². The zero-order valence-electron chi connectivity index (χ0n) is 12.3. The Morgan fingerprint density at radius 1 is 1.45 bits per heavy atom. The number of carbonyl (C=O) groups is 2. The molecule has 2 aromatic heterocycles. The molecule has 0 spiro atoms. The largest absolute Gasteiger partial charge is 0.480 e. The summed E-state index contributed by atoms with van der Waals surface area (Å²) >= 11 is 1.50.